The number of anilines is 1. The number of carbonyl (C=O) groups is 1. The lowest BCUT2D eigenvalue weighted by Crippen LogP contribution is -2.43. The zero-order valence-electron chi connectivity index (χ0n) is 19.7. The van der Waals surface area contributed by atoms with Crippen LogP contribution in [0.5, 0.6) is 0 Å². The molecule has 2 aliphatic carbocycles. The predicted octanol–water partition coefficient (Wildman–Crippen LogP) is 3.74. The molecule has 1 aromatic carbocycles. The maximum atomic E-state index is 13.9. The Labute approximate surface area is 212 Å². The third kappa shape index (κ3) is 4.53. The fourth-order valence-corrected chi connectivity index (χ4v) is 4.53. The van der Waals surface area contributed by atoms with Gasteiger partial charge in [0.05, 0.1) is 35.1 Å². The van der Waals surface area contributed by atoms with E-state index in [0.717, 1.165) is 48.1 Å². The highest BCUT2D eigenvalue weighted by atomic mass is 32.1. The summed E-state index contributed by atoms with van der Waals surface area (Å²) in [5.74, 6) is 0.205. The molecule has 3 heterocycles. The van der Waals surface area contributed by atoms with Crippen molar-refractivity contribution in [3.8, 4) is 0 Å². The molecule has 184 valence electrons. The molecule has 36 heavy (non-hydrogen) atoms. The Bertz CT molecular complexity index is 1490. The number of hydrazine groups is 1. The number of carbonyl (C=O) groups excluding carboxylic acids is 1. The Kier molecular flexibility index (Phi) is 5.63. The Balaban J connectivity index is 1.14. The number of nitrogens with zero attached hydrogens (tertiary/aromatic N) is 5. The first kappa shape index (κ1) is 22.6. The maximum absolute atomic E-state index is 13.9. The first-order valence-corrected chi connectivity index (χ1v) is 12.4. The first-order chi connectivity index (χ1) is 17.5. The van der Waals surface area contributed by atoms with Crippen LogP contribution < -0.4 is 16.2 Å². The van der Waals surface area contributed by atoms with Crippen LogP contribution in [0.2, 0.25) is 0 Å². The number of pyridine rings is 1. The Morgan fingerprint density at radius 3 is 2.69 bits per heavy atom. The van der Waals surface area contributed by atoms with Crippen molar-refractivity contribution in [2.45, 2.75) is 44.1 Å². The molecule has 6 rings (SSSR count). The van der Waals surface area contributed by atoms with Gasteiger partial charge in [-0.25, -0.2) is 9.37 Å². The summed E-state index contributed by atoms with van der Waals surface area (Å²) in [6.07, 6.45) is 7.63. The third-order valence-electron chi connectivity index (χ3n) is 6.52. The molecule has 0 unspecified atom stereocenters. The van der Waals surface area contributed by atoms with Gasteiger partial charge in [-0.15, -0.1) is 0 Å². The number of thiocarbonyl (C=S) groups is 1. The highest BCUT2D eigenvalue weighted by molar-refractivity contribution is 7.80. The molecule has 0 saturated heterocycles. The van der Waals surface area contributed by atoms with Crippen molar-refractivity contribution < 1.29 is 9.18 Å². The lowest BCUT2D eigenvalue weighted by atomic mass is 10.1. The van der Waals surface area contributed by atoms with Gasteiger partial charge in [-0.1, -0.05) is 18.2 Å². The molecule has 0 spiro atoms. The van der Waals surface area contributed by atoms with Crippen LogP contribution in [-0.2, 0) is 13.6 Å². The number of halogens is 1. The fourth-order valence-electron chi connectivity index (χ4n) is 4.37. The molecule has 2 aliphatic rings. The van der Waals surface area contributed by atoms with E-state index in [2.05, 4.69) is 26.4 Å². The van der Waals surface area contributed by atoms with Crippen LogP contribution in [0.4, 0.5) is 10.1 Å². The number of hydrogen-bond acceptors (Lipinski definition) is 5. The second kappa shape index (κ2) is 8.98. The van der Waals surface area contributed by atoms with Crippen molar-refractivity contribution in [3.05, 3.63) is 71.1 Å². The normalized spacial score (nSPS) is 15.2. The predicted molar refractivity (Wildman–Crippen MR) is 137 cm³/mol. The van der Waals surface area contributed by atoms with Crippen molar-refractivity contribution in [2.24, 2.45) is 7.05 Å². The largest absolute Gasteiger partial charge is 0.329 e. The second-order valence-corrected chi connectivity index (χ2v) is 9.81. The molecule has 3 aromatic heterocycles. The summed E-state index contributed by atoms with van der Waals surface area (Å²) in [7, 11) is 1.88. The van der Waals surface area contributed by atoms with Gasteiger partial charge in [0.1, 0.15) is 5.82 Å². The zero-order chi connectivity index (χ0) is 24.8. The Hall–Kier alpha value is -3.86. The van der Waals surface area contributed by atoms with E-state index in [9.17, 15) is 9.18 Å². The van der Waals surface area contributed by atoms with Crippen LogP contribution >= 0.6 is 12.2 Å². The average Bonchev–Trinajstić information content (AvgIpc) is 3.80. The van der Waals surface area contributed by atoms with Gasteiger partial charge in [0, 0.05) is 36.3 Å². The second-order valence-electron chi connectivity index (χ2n) is 9.40. The lowest BCUT2D eigenvalue weighted by Gasteiger charge is -2.12. The number of aromatic nitrogens is 5. The lowest BCUT2D eigenvalue weighted by molar-refractivity contribution is 0.0945. The minimum Gasteiger partial charge on any atom is -0.329 e. The molecule has 9 nitrogen and oxygen atoms in total. The summed E-state index contributed by atoms with van der Waals surface area (Å²) in [6.45, 7) is 0.293. The van der Waals surface area contributed by atoms with E-state index in [1.165, 1.54) is 6.07 Å². The number of fused-ring (bicyclic) bond motifs is 1. The number of rotatable bonds is 6. The molecular formula is C25H25FN8OS. The van der Waals surface area contributed by atoms with E-state index in [-0.39, 0.29) is 16.8 Å². The average molecular weight is 505 g/mol. The van der Waals surface area contributed by atoms with Gasteiger partial charge in [-0.05, 0) is 50.0 Å². The van der Waals surface area contributed by atoms with E-state index < -0.39 is 0 Å². The third-order valence-corrected chi connectivity index (χ3v) is 6.72. The monoisotopic (exact) mass is 504 g/mol. The minimum absolute atomic E-state index is 0.204. The van der Waals surface area contributed by atoms with Crippen LogP contribution in [0.1, 0.15) is 64.8 Å². The summed E-state index contributed by atoms with van der Waals surface area (Å²) in [5.41, 5.74) is 9.82. The standard InChI is InChI=1S/C25H25FN8OS/c1-33-23-21(22(32-33)15-8-9-15)18(10-20(29-23)14-6-7-14)24(35)30-31-25(36)28-17-11-27-34(13-17)12-16-4-2-3-5-19(16)26/h2-5,10-11,13-15H,6-9,12H2,1H3,(H,30,35)(H2,28,31,36). The quantitative estimate of drug-likeness (QED) is 0.272. The van der Waals surface area contributed by atoms with Gasteiger partial charge in [0.25, 0.3) is 5.91 Å². The van der Waals surface area contributed by atoms with E-state index >= 15 is 0 Å². The molecule has 0 aliphatic heterocycles. The van der Waals surface area contributed by atoms with Gasteiger partial charge in [-0.2, -0.15) is 10.2 Å². The van der Waals surface area contributed by atoms with E-state index in [1.54, 1.807) is 40.0 Å². The van der Waals surface area contributed by atoms with Gasteiger partial charge in [-0.3, -0.25) is 25.0 Å². The van der Waals surface area contributed by atoms with Crippen molar-refractivity contribution in [2.75, 3.05) is 5.32 Å². The van der Waals surface area contributed by atoms with Gasteiger partial charge >= 0.3 is 0 Å². The fraction of sp³-hybridized carbons (Fsp3) is 0.320. The topological polar surface area (TPSA) is 102 Å². The Morgan fingerprint density at radius 1 is 1.17 bits per heavy atom. The highest BCUT2D eigenvalue weighted by Gasteiger charge is 2.33. The van der Waals surface area contributed by atoms with Crippen LogP contribution in [0.25, 0.3) is 11.0 Å². The summed E-state index contributed by atoms with van der Waals surface area (Å²) >= 11 is 5.36. The van der Waals surface area contributed by atoms with Crippen molar-refractivity contribution >= 4 is 40.0 Å². The molecule has 2 saturated carbocycles. The SMILES string of the molecule is Cn1nc(C2CC2)c2c(C(=O)NNC(=S)Nc3cnn(Cc4ccccc4F)c3)cc(C3CC3)nc21. The number of aryl methyl sites for hydroxylation is 1. The molecule has 0 atom stereocenters. The van der Waals surface area contributed by atoms with Gasteiger partial charge < -0.3 is 5.32 Å². The first-order valence-electron chi connectivity index (χ1n) is 12.0. The molecule has 1 amide bonds. The highest BCUT2D eigenvalue weighted by Crippen LogP contribution is 2.45. The van der Waals surface area contributed by atoms with Gasteiger partial charge in [0.2, 0.25) is 0 Å². The number of benzene rings is 1. The maximum Gasteiger partial charge on any atom is 0.270 e. The summed E-state index contributed by atoms with van der Waals surface area (Å²) in [4.78, 5) is 18.1. The van der Waals surface area contributed by atoms with Crippen LogP contribution in [0.3, 0.4) is 0 Å². The van der Waals surface area contributed by atoms with E-state index in [4.69, 9.17) is 17.2 Å². The zero-order valence-corrected chi connectivity index (χ0v) is 20.5. The molecule has 2 fully saturated rings. The molecule has 4 aromatic rings. The smallest absolute Gasteiger partial charge is 0.270 e. The van der Waals surface area contributed by atoms with E-state index in [1.807, 2.05) is 13.1 Å². The number of amides is 1. The molecule has 0 bridgehead atoms. The molecule has 11 heteroatoms. The van der Waals surface area contributed by atoms with Crippen LogP contribution in [0.15, 0.2) is 42.7 Å². The minimum atomic E-state index is -0.293. The Morgan fingerprint density at radius 2 is 1.94 bits per heavy atom. The molecular weight excluding hydrogens is 479 g/mol. The van der Waals surface area contributed by atoms with Crippen LogP contribution in [0, 0.1) is 5.82 Å². The number of hydrogen-bond donors (Lipinski definition) is 3. The van der Waals surface area contributed by atoms with Crippen molar-refractivity contribution in [1.29, 1.82) is 0 Å². The summed E-state index contributed by atoms with van der Waals surface area (Å²) < 4.78 is 17.3. The van der Waals surface area contributed by atoms with Crippen molar-refractivity contribution in [1.82, 2.24) is 35.4 Å². The van der Waals surface area contributed by atoms with Crippen molar-refractivity contribution in [3.63, 3.8) is 0 Å². The summed E-state index contributed by atoms with van der Waals surface area (Å²) in [6, 6.07) is 8.47. The van der Waals surface area contributed by atoms with Gasteiger partial charge in [0.15, 0.2) is 10.8 Å². The molecule has 0 radical (unpaired) electrons. The number of nitrogens with one attached hydrogen (secondary N) is 3. The van der Waals surface area contributed by atoms with E-state index in [0.29, 0.717) is 35.2 Å². The summed E-state index contributed by atoms with van der Waals surface area (Å²) in [5, 5.41) is 12.9. The van der Waals surface area contributed by atoms with Crippen LogP contribution in [-0.4, -0.2) is 35.6 Å². The molecule has 3 N–H and O–H groups in total.